The van der Waals surface area contributed by atoms with Crippen LogP contribution in [0.1, 0.15) is 33.6 Å². The standard InChI is InChI=1S/C11H19FN4O2/c1-10(2,3)18-9(17)16-6-4-5-11(12,8-16)7-14-15-13/h4-8H2,1-3H3. The van der Waals surface area contributed by atoms with Crippen molar-refractivity contribution in [2.24, 2.45) is 5.11 Å². The fraction of sp³-hybridized carbons (Fsp3) is 0.909. The number of piperidine rings is 1. The highest BCUT2D eigenvalue weighted by molar-refractivity contribution is 5.68. The van der Waals surface area contributed by atoms with Crippen molar-refractivity contribution in [1.82, 2.24) is 4.90 Å². The molecule has 0 aliphatic carbocycles. The molecule has 0 N–H and O–H groups in total. The molecule has 1 unspecified atom stereocenters. The van der Waals surface area contributed by atoms with Crippen LogP contribution in [0, 0.1) is 0 Å². The lowest BCUT2D eigenvalue weighted by Gasteiger charge is -2.37. The van der Waals surface area contributed by atoms with Crippen LogP contribution in [0.2, 0.25) is 0 Å². The number of amides is 1. The first-order valence-corrected chi connectivity index (χ1v) is 5.93. The van der Waals surface area contributed by atoms with Gasteiger partial charge in [0.2, 0.25) is 0 Å². The summed E-state index contributed by atoms with van der Waals surface area (Å²) in [5, 5.41) is 3.26. The number of nitrogens with zero attached hydrogens (tertiary/aromatic N) is 4. The summed E-state index contributed by atoms with van der Waals surface area (Å²) < 4.78 is 19.5. The molecule has 0 bridgehead atoms. The molecule has 1 aliphatic rings. The number of ether oxygens (including phenoxy) is 1. The molecule has 1 amide bonds. The lowest BCUT2D eigenvalue weighted by atomic mass is 9.95. The Bertz CT molecular complexity index is 363. The normalized spacial score (nSPS) is 24.3. The largest absolute Gasteiger partial charge is 0.444 e. The third kappa shape index (κ3) is 4.41. The van der Waals surface area contributed by atoms with Crippen molar-refractivity contribution in [2.45, 2.75) is 44.9 Å². The maximum absolute atomic E-state index is 14.3. The Morgan fingerprint density at radius 2 is 2.28 bits per heavy atom. The van der Waals surface area contributed by atoms with Crippen LogP contribution in [0.25, 0.3) is 10.4 Å². The van der Waals surface area contributed by atoms with E-state index in [1.54, 1.807) is 20.8 Å². The van der Waals surface area contributed by atoms with Crippen LogP contribution in [-0.2, 0) is 4.74 Å². The molecule has 0 spiro atoms. The molecule has 0 aromatic heterocycles. The summed E-state index contributed by atoms with van der Waals surface area (Å²) in [6, 6.07) is 0. The summed E-state index contributed by atoms with van der Waals surface area (Å²) in [5.74, 6) is 0. The third-order valence-corrected chi connectivity index (χ3v) is 2.60. The van der Waals surface area contributed by atoms with E-state index in [2.05, 4.69) is 10.0 Å². The first-order chi connectivity index (χ1) is 8.26. The van der Waals surface area contributed by atoms with Gasteiger partial charge < -0.3 is 9.64 Å². The average molecular weight is 258 g/mol. The molecular formula is C11H19FN4O2. The highest BCUT2D eigenvalue weighted by Crippen LogP contribution is 2.27. The molecule has 1 aliphatic heterocycles. The fourth-order valence-corrected chi connectivity index (χ4v) is 1.86. The Morgan fingerprint density at radius 1 is 1.61 bits per heavy atom. The van der Waals surface area contributed by atoms with Gasteiger partial charge in [-0.1, -0.05) is 5.11 Å². The van der Waals surface area contributed by atoms with Crippen LogP contribution < -0.4 is 0 Å². The SMILES string of the molecule is CC(C)(C)OC(=O)N1CCCC(F)(CN=[N+]=[N-])C1. The first-order valence-electron chi connectivity index (χ1n) is 5.93. The van der Waals surface area contributed by atoms with Gasteiger partial charge in [-0.2, -0.15) is 0 Å². The number of carbonyl (C=O) groups excluding carboxylic acids is 1. The van der Waals surface area contributed by atoms with Crippen LogP contribution >= 0.6 is 0 Å². The minimum Gasteiger partial charge on any atom is -0.444 e. The van der Waals surface area contributed by atoms with Gasteiger partial charge in [0.15, 0.2) is 0 Å². The molecule has 18 heavy (non-hydrogen) atoms. The molecule has 1 saturated heterocycles. The number of rotatable bonds is 2. The maximum Gasteiger partial charge on any atom is 0.410 e. The summed E-state index contributed by atoms with van der Waals surface area (Å²) in [5.41, 5.74) is 5.99. The van der Waals surface area contributed by atoms with Crippen LogP contribution in [0.5, 0.6) is 0 Å². The number of hydrogen-bond donors (Lipinski definition) is 0. The van der Waals surface area contributed by atoms with Crippen LogP contribution in [0.4, 0.5) is 9.18 Å². The summed E-state index contributed by atoms with van der Waals surface area (Å²) in [6.45, 7) is 5.42. The van der Waals surface area contributed by atoms with E-state index in [0.717, 1.165) is 0 Å². The monoisotopic (exact) mass is 258 g/mol. The Balaban J connectivity index is 2.63. The Hall–Kier alpha value is -1.49. The second-order valence-corrected chi connectivity index (χ2v) is 5.55. The van der Waals surface area contributed by atoms with E-state index in [1.807, 2.05) is 0 Å². The number of azide groups is 1. The zero-order valence-corrected chi connectivity index (χ0v) is 11.0. The smallest absolute Gasteiger partial charge is 0.410 e. The minimum absolute atomic E-state index is 0.0824. The van der Waals surface area contributed by atoms with Crippen molar-refractivity contribution in [2.75, 3.05) is 19.6 Å². The number of likely N-dealkylation sites (tertiary alicyclic amines) is 1. The van der Waals surface area contributed by atoms with Crippen LogP contribution in [-0.4, -0.2) is 41.9 Å². The Labute approximate surface area is 106 Å². The summed E-state index contributed by atoms with van der Waals surface area (Å²) >= 11 is 0. The number of halogens is 1. The molecule has 0 aromatic carbocycles. The minimum atomic E-state index is -1.64. The lowest BCUT2D eigenvalue weighted by molar-refractivity contribution is -0.00299. The molecule has 1 rings (SSSR count). The maximum atomic E-state index is 14.3. The van der Waals surface area contributed by atoms with E-state index in [9.17, 15) is 9.18 Å². The van der Waals surface area contributed by atoms with Crippen molar-refractivity contribution in [3.63, 3.8) is 0 Å². The molecule has 6 nitrogen and oxygen atoms in total. The van der Waals surface area contributed by atoms with Gasteiger partial charge in [0.25, 0.3) is 0 Å². The zero-order chi connectivity index (χ0) is 13.8. The molecule has 102 valence electrons. The van der Waals surface area contributed by atoms with E-state index in [0.29, 0.717) is 19.4 Å². The summed E-state index contributed by atoms with van der Waals surface area (Å²) in [6.07, 6.45) is 0.312. The quantitative estimate of drug-likeness (QED) is 0.433. The highest BCUT2D eigenvalue weighted by atomic mass is 19.1. The van der Waals surface area contributed by atoms with Gasteiger partial charge in [-0.3, -0.25) is 0 Å². The van der Waals surface area contributed by atoms with Crippen molar-refractivity contribution in [3.8, 4) is 0 Å². The second-order valence-electron chi connectivity index (χ2n) is 5.55. The molecule has 0 aromatic rings. The van der Waals surface area contributed by atoms with Gasteiger partial charge in [-0.25, -0.2) is 9.18 Å². The van der Waals surface area contributed by atoms with E-state index in [1.165, 1.54) is 4.90 Å². The van der Waals surface area contributed by atoms with E-state index in [4.69, 9.17) is 10.3 Å². The predicted octanol–water partition coefficient (Wildman–Crippen LogP) is 3.04. The van der Waals surface area contributed by atoms with Gasteiger partial charge >= 0.3 is 6.09 Å². The topological polar surface area (TPSA) is 78.3 Å². The van der Waals surface area contributed by atoms with Crippen molar-refractivity contribution >= 4 is 6.09 Å². The molecular weight excluding hydrogens is 239 g/mol. The molecule has 1 atom stereocenters. The van der Waals surface area contributed by atoms with E-state index < -0.39 is 17.4 Å². The third-order valence-electron chi connectivity index (χ3n) is 2.60. The number of carbonyl (C=O) groups is 1. The zero-order valence-electron chi connectivity index (χ0n) is 11.0. The summed E-state index contributed by atoms with van der Waals surface area (Å²) in [4.78, 5) is 15.7. The lowest BCUT2D eigenvalue weighted by Crippen LogP contribution is -2.50. The van der Waals surface area contributed by atoms with Crippen LogP contribution in [0.15, 0.2) is 5.11 Å². The van der Waals surface area contributed by atoms with Gasteiger partial charge in [0, 0.05) is 11.5 Å². The van der Waals surface area contributed by atoms with Gasteiger partial charge in [-0.05, 0) is 39.1 Å². The molecule has 0 radical (unpaired) electrons. The van der Waals surface area contributed by atoms with Gasteiger partial charge in [-0.15, -0.1) is 0 Å². The van der Waals surface area contributed by atoms with Crippen molar-refractivity contribution < 1.29 is 13.9 Å². The van der Waals surface area contributed by atoms with Crippen molar-refractivity contribution in [1.29, 1.82) is 0 Å². The highest BCUT2D eigenvalue weighted by Gasteiger charge is 2.38. The average Bonchev–Trinajstić information content (AvgIpc) is 2.24. The molecule has 7 heteroatoms. The first kappa shape index (κ1) is 14.6. The predicted molar refractivity (Wildman–Crippen MR) is 64.9 cm³/mol. The summed E-state index contributed by atoms with van der Waals surface area (Å²) in [7, 11) is 0. The molecule has 1 heterocycles. The van der Waals surface area contributed by atoms with E-state index in [-0.39, 0.29) is 13.1 Å². The fourth-order valence-electron chi connectivity index (χ4n) is 1.86. The second kappa shape index (κ2) is 5.44. The van der Waals surface area contributed by atoms with Crippen molar-refractivity contribution in [3.05, 3.63) is 10.4 Å². The van der Waals surface area contributed by atoms with Gasteiger partial charge in [0.05, 0.1) is 13.1 Å². The number of alkyl halides is 1. The Kier molecular flexibility index (Phi) is 4.40. The van der Waals surface area contributed by atoms with Crippen LogP contribution in [0.3, 0.4) is 0 Å². The molecule has 0 saturated carbocycles. The van der Waals surface area contributed by atoms with E-state index >= 15 is 0 Å². The number of hydrogen-bond acceptors (Lipinski definition) is 3. The Morgan fingerprint density at radius 3 is 2.83 bits per heavy atom. The van der Waals surface area contributed by atoms with Gasteiger partial charge in [0.1, 0.15) is 11.3 Å². The molecule has 1 fully saturated rings.